The van der Waals surface area contributed by atoms with Crippen molar-refractivity contribution in [1.29, 1.82) is 0 Å². The van der Waals surface area contributed by atoms with E-state index in [1.54, 1.807) is 0 Å². The first-order valence-electron chi connectivity index (χ1n) is 9.32. The zero-order valence-electron chi connectivity index (χ0n) is 15.1. The summed E-state index contributed by atoms with van der Waals surface area (Å²) < 4.78 is 7.42. The van der Waals surface area contributed by atoms with E-state index >= 15 is 0 Å². The van der Waals surface area contributed by atoms with E-state index in [1.165, 1.54) is 0 Å². The third-order valence-electron chi connectivity index (χ3n) is 4.82. The van der Waals surface area contributed by atoms with Crippen molar-refractivity contribution in [2.75, 3.05) is 13.1 Å². The van der Waals surface area contributed by atoms with Crippen LogP contribution in [0.25, 0.3) is 0 Å². The number of nitrogens with zero attached hydrogens (tertiary/aromatic N) is 5. The molecule has 0 bridgehead atoms. The molecule has 7 nitrogen and oxygen atoms in total. The Labute approximate surface area is 148 Å². The summed E-state index contributed by atoms with van der Waals surface area (Å²) in [6.07, 6.45) is 9.67. The van der Waals surface area contributed by atoms with Crippen molar-refractivity contribution in [3.63, 3.8) is 0 Å². The van der Waals surface area contributed by atoms with Crippen LogP contribution in [0.5, 0.6) is 0 Å². The van der Waals surface area contributed by atoms with Gasteiger partial charge in [0, 0.05) is 51.2 Å². The summed E-state index contributed by atoms with van der Waals surface area (Å²) in [6.45, 7) is 5.75. The summed E-state index contributed by atoms with van der Waals surface area (Å²) in [4.78, 5) is 23.3. The molecule has 3 heterocycles. The molecular weight excluding hydrogens is 318 g/mol. The summed E-state index contributed by atoms with van der Waals surface area (Å²) in [6, 6.07) is 0.346. The molecule has 1 aliphatic heterocycles. The second kappa shape index (κ2) is 8.27. The molecule has 3 rings (SSSR count). The maximum absolute atomic E-state index is 12.6. The maximum Gasteiger partial charge on any atom is 0.226 e. The molecule has 1 amide bonds. The van der Waals surface area contributed by atoms with Crippen molar-refractivity contribution in [2.45, 2.75) is 64.8 Å². The molecule has 2 aromatic rings. The molecular formula is C18H27N5O2. The van der Waals surface area contributed by atoms with Crippen LogP contribution in [0.1, 0.15) is 63.1 Å². The maximum atomic E-state index is 12.6. The summed E-state index contributed by atoms with van der Waals surface area (Å²) in [5, 5.41) is 3.89. The van der Waals surface area contributed by atoms with Gasteiger partial charge in [-0.25, -0.2) is 4.98 Å². The number of rotatable bonds is 7. The largest absolute Gasteiger partial charge is 0.341 e. The number of carbonyl (C=O) groups excluding carboxylic acids is 1. The minimum Gasteiger partial charge on any atom is -0.341 e. The molecule has 0 unspecified atom stereocenters. The van der Waals surface area contributed by atoms with Gasteiger partial charge < -0.3 is 14.0 Å². The van der Waals surface area contributed by atoms with E-state index in [-0.39, 0.29) is 5.91 Å². The molecule has 0 radical (unpaired) electrons. The van der Waals surface area contributed by atoms with Crippen LogP contribution < -0.4 is 0 Å². The highest BCUT2D eigenvalue weighted by atomic mass is 16.5. The lowest BCUT2D eigenvalue weighted by atomic mass is 10.0. The van der Waals surface area contributed by atoms with E-state index in [4.69, 9.17) is 4.52 Å². The van der Waals surface area contributed by atoms with Crippen LogP contribution in [0.2, 0.25) is 0 Å². The molecule has 7 heteroatoms. The molecule has 1 atom stereocenters. The minimum atomic E-state index is 0.220. The summed E-state index contributed by atoms with van der Waals surface area (Å²) >= 11 is 0. The molecule has 0 aliphatic carbocycles. The highest BCUT2D eigenvalue weighted by molar-refractivity contribution is 5.76. The molecule has 1 fully saturated rings. The first kappa shape index (κ1) is 17.6. The Morgan fingerprint density at radius 1 is 1.36 bits per heavy atom. The summed E-state index contributed by atoms with van der Waals surface area (Å²) in [5.74, 6) is 2.68. The second-order valence-electron chi connectivity index (χ2n) is 6.55. The number of amides is 1. The quantitative estimate of drug-likeness (QED) is 0.771. The predicted octanol–water partition coefficient (Wildman–Crippen LogP) is 2.58. The second-order valence-corrected chi connectivity index (χ2v) is 6.55. The molecule has 25 heavy (non-hydrogen) atoms. The van der Waals surface area contributed by atoms with Gasteiger partial charge in [-0.3, -0.25) is 4.79 Å². The van der Waals surface area contributed by atoms with Crippen molar-refractivity contribution in [3.05, 3.63) is 29.9 Å². The van der Waals surface area contributed by atoms with Gasteiger partial charge in [0.15, 0.2) is 5.82 Å². The van der Waals surface area contributed by atoms with E-state index < -0.39 is 0 Å². The number of hydrogen-bond donors (Lipinski definition) is 0. The Morgan fingerprint density at radius 3 is 3.00 bits per heavy atom. The summed E-state index contributed by atoms with van der Waals surface area (Å²) in [5.41, 5.74) is 0. The molecule has 0 aromatic carbocycles. The smallest absolute Gasteiger partial charge is 0.226 e. The third-order valence-corrected chi connectivity index (χ3v) is 4.82. The SMILES string of the molecule is CCc1noc(CCCC(=O)N2CCC[C@H](n3ccnc3CC)C2)n1. The number of carbonyl (C=O) groups is 1. The van der Waals surface area contributed by atoms with E-state index in [0.717, 1.165) is 56.8 Å². The average Bonchev–Trinajstić information content (AvgIpc) is 3.30. The number of imidazole rings is 1. The van der Waals surface area contributed by atoms with Gasteiger partial charge >= 0.3 is 0 Å². The van der Waals surface area contributed by atoms with Crippen LogP contribution in [-0.4, -0.2) is 43.6 Å². The van der Waals surface area contributed by atoms with Crippen LogP contribution in [0.15, 0.2) is 16.9 Å². The molecule has 0 N–H and O–H groups in total. The van der Waals surface area contributed by atoms with E-state index in [0.29, 0.717) is 24.8 Å². The first-order chi connectivity index (χ1) is 12.2. The van der Waals surface area contributed by atoms with Gasteiger partial charge in [0.1, 0.15) is 5.82 Å². The fourth-order valence-corrected chi connectivity index (χ4v) is 3.44. The Balaban J connectivity index is 1.50. The number of aromatic nitrogens is 4. The van der Waals surface area contributed by atoms with Gasteiger partial charge in [0.05, 0.1) is 6.04 Å². The van der Waals surface area contributed by atoms with Gasteiger partial charge in [0.2, 0.25) is 11.8 Å². The fraction of sp³-hybridized carbons (Fsp3) is 0.667. The third kappa shape index (κ3) is 4.27. The number of piperidine rings is 1. The molecule has 1 saturated heterocycles. The lowest BCUT2D eigenvalue weighted by Gasteiger charge is -2.34. The van der Waals surface area contributed by atoms with Crippen LogP contribution >= 0.6 is 0 Å². The van der Waals surface area contributed by atoms with E-state index in [2.05, 4.69) is 26.6 Å². The van der Waals surface area contributed by atoms with Crippen molar-refractivity contribution in [1.82, 2.24) is 24.6 Å². The molecule has 0 spiro atoms. The van der Waals surface area contributed by atoms with E-state index in [9.17, 15) is 4.79 Å². The Morgan fingerprint density at radius 2 is 2.24 bits per heavy atom. The van der Waals surface area contributed by atoms with Crippen LogP contribution in [-0.2, 0) is 24.1 Å². The highest BCUT2D eigenvalue weighted by Crippen LogP contribution is 2.23. The van der Waals surface area contributed by atoms with Gasteiger partial charge in [-0.1, -0.05) is 19.0 Å². The zero-order chi connectivity index (χ0) is 17.6. The number of aryl methyl sites for hydroxylation is 3. The lowest BCUT2D eigenvalue weighted by molar-refractivity contribution is -0.132. The predicted molar refractivity (Wildman–Crippen MR) is 93.1 cm³/mol. The Hall–Kier alpha value is -2.18. The van der Waals surface area contributed by atoms with Gasteiger partial charge in [0.25, 0.3) is 0 Å². The van der Waals surface area contributed by atoms with E-state index in [1.807, 2.05) is 24.2 Å². The van der Waals surface area contributed by atoms with Gasteiger partial charge in [-0.05, 0) is 19.3 Å². The standard InChI is InChI=1S/C18H27N5O2/c1-3-15-20-17(25-21-15)8-5-9-18(24)22-11-6-7-14(13-22)23-12-10-19-16(23)4-2/h10,12,14H,3-9,11,13H2,1-2H3/t14-/m0/s1. The van der Waals surface area contributed by atoms with Crippen molar-refractivity contribution >= 4 is 5.91 Å². The molecule has 2 aromatic heterocycles. The van der Waals surface area contributed by atoms with Crippen LogP contribution in [0, 0.1) is 0 Å². The summed E-state index contributed by atoms with van der Waals surface area (Å²) in [7, 11) is 0. The molecule has 136 valence electrons. The van der Waals surface area contributed by atoms with Gasteiger partial charge in [-0.15, -0.1) is 0 Å². The number of likely N-dealkylation sites (tertiary alicyclic amines) is 1. The number of hydrogen-bond acceptors (Lipinski definition) is 5. The minimum absolute atomic E-state index is 0.220. The Kier molecular flexibility index (Phi) is 5.83. The molecule has 1 aliphatic rings. The lowest BCUT2D eigenvalue weighted by Crippen LogP contribution is -2.40. The van der Waals surface area contributed by atoms with Crippen LogP contribution in [0.3, 0.4) is 0 Å². The fourth-order valence-electron chi connectivity index (χ4n) is 3.44. The molecule has 0 saturated carbocycles. The normalized spacial score (nSPS) is 17.8. The van der Waals surface area contributed by atoms with Crippen molar-refractivity contribution in [2.24, 2.45) is 0 Å². The first-order valence-corrected chi connectivity index (χ1v) is 9.32. The van der Waals surface area contributed by atoms with Gasteiger partial charge in [-0.2, -0.15) is 4.98 Å². The average molecular weight is 345 g/mol. The topological polar surface area (TPSA) is 77.0 Å². The van der Waals surface area contributed by atoms with Crippen molar-refractivity contribution < 1.29 is 9.32 Å². The van der Waals surface area contributed by atoms with Crippen LogP contribution in [0.4, 0.5) is 0 Å². The zero-order valence-corrected chi connectivity index (χ0v) is 15.1. The van der Waals surface area contributed by atoms with Crippen molar-refractivity contribution in [3.8, 4) is 0 Å². The highest BCUT2D eigenvalue weighted by Gasteiger charge is 2.25. The monoisotopic (exact) mass is 345 g/mol. The Bertz CT molecular complexity index is 693.